The Hall–Kier alpha value is -3.42. The second-order valence-corrected chi connectivity index (χ2v) is 6.66. The lowest BCUT2D eigenvalue weighted by molar-refractivity contribution is -0.115. The van der Waals surface area contributed by atoms with Crippen LogP contribution >= 0.6 is 0 Å². The van der Waals surface area contributed by atoms with Crippen molar-refractivity contribution in [3.63, 3.8) is 0 Å². The first-order chi connectivity index (χ1) is 13.4. The molecular weight excluding hydrogens is 358 g/mol. The minimum Gasteiger partial charge on any atom is -0.361 e. The fraction of sp³-hybridized carbons (Fsp3) is 0.300. The number of benzene rings is 1. The van der Waals surface area contributed by atoms with Crippen LogP contribution in [0.4, 0.5) is 10.5 Å². The molecule has 3 N–H and O–H groups in total. The number of amides is 3. The van der Waals surface area contributed by atoms with Crippen molar-refractivity contribution >= 4 is 28.5 Å². The molecule has 3 rings (SSSR count). The van der Waals surface area contributed by atoms with Gasteiger partial charge >= 0.3 is 6.03 Å². The van der Waals surface area contributed by atoms with E-state index in [0.29, 0.717) is 17.6 Å². The number of nitrogens with zero attached hydrogens (tertiary/aromatic N) is 2. The molecule has 0 spiro atoms. The molecule has 8 nitrogen and oxygen atoms in total. The monoisotopic (exact) mass is 381 g/mol. The first-order valence-corrected chi connectivity index (χ1v) is 9.03. The Kier molecular flexibility index (Phi) is 5.88. The molecule has 146 valence electrons. The molecule has 28 heavy (non-hydrogen) atoms. The van der Waals surface area contributed by atoms with Crippen molar-refractivity contribution in [2.45, 2.75) is 33.2 Å². The standard InChI is InChI=1S/C20H23N5O3/c1-12(10-16-13(2)25-28-14(16)3)23-20(27)22-11-18(26)24-17-8-4-6-15-7-5-9-21-19(15)17/h4-9,12H,10-11H2,1-3H3,(H,24,26)(H2,22,23,27). The van der Waals surface area contributed by atoms with Crippen LogP contribution in [0.1, 0.15) is 23.9 Å². The Morgan fingerprint density at radius 3 is 2.71 bits per heavy atom. The molecule has 0 saturated heterocycles. The highest BCUT2D eigenvalue weighted by molar-refractivity contribution is 6.01. The highest BCUT2D eigenvalue weighted by Gasteiger charge is 2.15. The van der Waals surface area contributed by atoms with Crippen LogP contribution in [0.25, 0.3) is 10.9 Å². The minimum atomic E-state index is -0.412. The number of urea groups is 1. The predicted molar refractivity (Wildman–Crippen MR) is 106 cm³/mol. The maximum Gasteiger partial charge on any atom is 0.315 e. The van der Waals surface area contributed by atoms with Gasteiger partial charge in [0, 0.05) is 23.2 Å². The van der Waals surface area contributed by atoms with E-state index in [4.69, 9.17) is 4.52 Å². The molecule has 1 atom stereocenters. The topological polar surface area (TPSA) is 109 Å². The van der Waals surface area contributed by atoms with Crippen LogP contribution < -0.4 is 16.0 Å². The molecule has 1 unspecified atom stereocenters. The molecule has 1 aromatic carbocycles. The van der Waals surface area contributed by atoms with Gasteiger partial charge in [-0.25, -0.2) is 4.79 Å². The summed E-state index contributed by atoms with van der Waals surface area (Å²) in [5.74, 6) is 0.418. The molecule has 3 aromatic rings. The van der Waals surface area contributed by atoms with E-state index in [1.165, 1.54) is 0 Å². The van der Waals surface area contributed by atoms with Crippen molar-refractivity contribution in [2.24, 2.45) is 0 Å². The Morgan fingerprint density at radius 2 is 1.96 bits per heavy atom. The molecule has 2 heterocycles. The van der Waals surface area contributed by atoms with E-state index in [9.17, 15) is 9.59 Å². The van der Waals surface area contributed by atoms with Crippen molar-refractivity contribution in [1.82, 2.24) is 20.8 Å². The van der Waals surface area contributed by atoms with Gasteiger partial charge in [0.1, 0.15) is 5.76 Å². The quantitative estimate of drug-likeness (QED) is 0.608. The maximum atomic E-state index is 12.2. The van der Waals surface area contributed by atoms with Gasteiger partial charge in [-0.15, -0.1) is 0 Å². The summed E-state index contributed by atoms with van der Waals surface area (Å²) in [6.45, 7) is 5.44. The Labute approximate surface area is 162 Å². The number of para-hydroxylation sites is 1. The van der Waals surface area contributed by atoms with Crippen LogP contribution in [0.3, 0.4) is 0 Å². The van der Waals surface area contributed by atoms with Gasteiger partial charge in [0.15, 0.2) is 0 Å². The number of aromatic nitrogens is 2. The van der Waals surface area contributed by atoms with Gasteiger partial charge in [0.25, 0.3) is 0 Å². The van der Waals surface area contributed by atoms with Gasteiger partial charge in [-0.1, -0.05) is 23.4 Å². The number of hydrogen-bond donors (Lipinski definition) is 3. The lowest BCUT2D eigenvalue weighted by atomic mass is 10.1. The molecule has 0 saturated carbocycles. The third kappa shape index (κ3) is 4.64. The molecule has 0 radical (unpaired) electrons. The first-order valence-electron chi connectivity index (χ1n) is 9.03. The fourth-order valence-corrected chi connectivity index (χ4v) is 2.99. The zero-order chi connectivity index (χ0) is 20.1. The summed E-state index contributed by atoms with van der Waals surface area (Å²) in [4.78, 5) is 28.5. The van der Waals surface area contributed by atoms with Gasteiger partial charge in [-0.3, -0.25) is 9.78 Å². The van der Waals surface area contributed by atoms with Crippen LogP contribution in [0, 0.1) is 13.8 Å². The van der Waals surface area contributed by atoms with Gasteiger partial charge in [-0.2, -0.15) is 0 Å². The molecular formula is C20H23N5O3. The normalized spacial score (nSPS) is 11.8. The highest BCUT2D eigenvalue weighted by Crippen LogP contribution is 2.20. The maximum absolute atomic E-state index is 12.2. The molecule has 0 aliphatic heterocycles. The summed E-state index contributed by atoms with van der Waals surface area (Å²) >= 11 is 0. The van der Waals surface area contributed by atoms with Crippen LogP contribution in [-0.2, 0) is 11.2 Å². The zero-order valence-corrected chi connectivity index (χ0v) is 16.1. The van der Waals surface area contributed by atoms with E-state index in [2.05, 4.69) is 26.1 Å². The number of carbonyl (C=O) groups excluding carboxylic acids is 2. The molecule has 3 amide bonds. The summed E-state index contributed by atoms with van der Waals surface area (Å²) in [6.07, 6.45) is 2.27. The van der Waals surface area contributed by atoms with Crippen molar-refractivity contribution in [3.05, 3.63) is 53.5 Å². The SMILES string of the molecule is Cc1noc(C)c1CC(C)NC(=O)NCC(=O)Nc1cccc2cccnc12. The average Bonchev–Trinajstić information content (AvgIpc) is 2.98. The van der Waals surface area contributed by atoms with Crippen molar-refractivity contribution in [2.75, 3.05) is 11.9 Å². The van der Waals surface area contributed by atoms with Crippen LogP contribution in [0.5, 0.6) is 0 Å². The number of fused-ring (bicyclic) bond motifs is 1. The van der Waals surface area contributed by atoms with E-state index in [0.717, 1.165) is 22.4 Å². The summed E-state index contributed by atoms with van der Waals surface area (Å²) in [6, 6.07) is 8.75. The third-order valence-corrected chi connectivity index (χ3v) is 4.39. The fourth-order valence-electron chi connectivity index (χ4n) is 2.99. The Bertz CT molecular complexity index is 974. The van der Waals surface area contributed by atoms with E-state index in [1.54, 1.807) is 12.3 Å². The lowest BCUT2D eigenvalue weighted by Gasteiger charge is -2.14. The number of anilines is 1. The van der Waals surface area contributed by atoms with Gasteiger partial charge in [0.2, 0.25) is 5.91 Å². The number of aryl methyl sites for hydroxylation is 2. The van der Waals surface area contributed by atoms with Crippen LogP contribution in [0.2, 0.25) is 0 Å². The summed E-state index contributed by atoms with van der Waals surface area (Å²) in [5, 5.41) is 13.0. The zero-order valence-electron chi connectivity index (χ0n) is 16.1. The second-order valence-electron chi connectivity index (χ2n) is 6.66. The number of nitrogens with one attached hydrogen (secondary N) is 3. The number of carbonyl (C=O) groups is 2. The Morgan fingerprint density at radius 1 is 1.18 bits per heavy atom. The second kappa shape index (κ2) is 8.51. The molecule has 0 aliphatic rings. The number of pyridine rings is 1. The molecule has 0 bridgehead atoms. The summed E-state index contributed by atoms with van der Waals surface area (Å²) < 4.78 is 5.13. The van der Waals surface area contributed by atoms with E-state index in [-0.39, 0.29) is 18.5 Å². The molecule has 8 heteroatoms. The lowest BCUT2D eigenvalue weighted by Crippen LogP contribution is -2.44. The smallest absolute Gasteiger partial charge is 0.315 e. The number of hydrogen-bond acceptors (Lipinski definition) is 5. The molecule has 0 fully saturated rings. The van der Waals surface area contributed by atoms with Gasteiger partial charge in [-0.05, 0) is 39.3 Å². The van der Waals surface area contributed by atoms with E-state index >= 15 is 0 Å². The van der Waals surface area contributed by atoms with Crippen molar-refractivity contribution in [3.8, 4) is 0 Å². The summed E-state index contributed by atoms with van der Waals surface area (Å²) in [7, 11) is 0. The minimum absolute atomic E-state index is 0.137. The van der Waals surface area contributed by atoms with Gasteiger partial charge < -0.3 is 20.5 Å². The molecule has 0 aliphatic carbocycles. The predicted octanol–water partition coefficient (Wildman–Crippen LogP) is 2.71. The largest absolute Gasteiger partial charge is 0.361 e. The van der Waals surface area contributed by atoms with Crippen LogP contribution in [0.15, 0.2) is 41.1 Å². The highest BCUT2D eigenvalue weighted by atomic mass is 16.5. The number of rotatable bonds is 6. The van der Waals surface area contributed by atoms with E-state index < -0.39 is 6.03 Å². The van der Waals surface area contributed by atoms with E-state index in [1.807, 2.05) is 45.0 Å². The van der Waals surface area contributed by atoms with Crippen molar-refractivity contribution < 1.29 is 14.1 Å². The summed E-state index contributed by atoms with van der Waals surface area (Å²) in [5.41, 5.74) is 3.11. The molecule has 2 aromatic heterocycles. The van der Waals surface area contributed by atoms with Crippen LogP contribution in [-0.4, -0.2) is 34.7 Å². The first kappa shape index (κ1) is 19.3. The Balaban J connectivity index is 1.49. The van der Waals surface area contributed by atoms with Gasteiger partial charge in [0.05, 0.1) is 23.4 Å². The van der Waals surface area contributed by atoms with Crippen molar-refractivity contribution in [1.29, 1.82) is 0 Å². The average molecular weight is 381 g/mol. The third-order valence-electron chi connectivity index (χ3n) is 4.39.